The normalized spacial score (nSPS) is 18.1. The minimum atomic E-state index is 0.0668. The molecule has 0 saturated carbocycles. The molecule has 0 bridgehead atoms. The molecule has 3 rings (SSSR count). The number of hydrogen-bond donors (Lipinski definition) is 0. The van der Waals surface area contributed by atoms with E-state index in [-0.39, 0.29) is 12.0 Å². The third-order valence-electron chi connectivity index (χ3n) is 4.25. The Morgan fingerprint density at radius 2 is 1.92 bits per heavy atom. The fraction of sp³-hybridized carbons (Fsp3) is 0.350. The summed E-state index contributed by atoms with van der Waals surface area (Å²) in [7, 11) is 1.65. The minimum Gasteiger partial charge on any atom is -0.497 e. The van der Waals surface area contributed by atoms with Crippen molar-refractivity contribution >= 4 is 5.91 Å². The van der Waals surface area contributed by atoms with Gasteiger partial charge in [0.15, 0.2) is 0 Å². The third kappa shape index (κ3) is 3.77. The van der Waals surface area contributed by atoms with Crippen LogP contribution in [-0.2, 0) is 4.74 Å². The number of rotatable bonds is 3. The summed E-state index contributed by atoms with van der Waals surface area (Å²) in [6.07, 6.45) is 0.962. The first-order valence-electron chi connectivity index (χ1n) is 8.33. The number of carbonyl (C=O) groups is 1. The van der Waals surface area contributed by atoms with E-state index >= 15 is 0 Å². The summed E-state index contributed by atoms with van der Waals surface area (Å²) in [5.41, 5.74) is 2.76. The van der Waals surface area contributed by atoms with Crippen LogP contribution in [0, 0.1) is 0 Å². The van der Waals surface area contributed by atoms with Gasteiger partial charge in [0.05, 0.1) is 13.2 Å². The fourth-order valence-electron chi connectivity index (χ4n) is 3.00. The smallest absolute Gasteiger partial charge is 0.253 e. The zero-order valence-electron chi connectivity index (χ0n) is 14.2. The Labute approximate surface area is 143 Å². The summed E-state index contributed by atoms with van der Waals surface area (Å²) in [4.78, 5) is 14.7. The largest absolute Gasteiger partial charge is 0.497 e. The van der Waals surface area contributed by atoms with Gasteiger partial charge in [-0.05, 0) is 48.7 Å². The second kappa shape index (κ2) is 7.49. The molecule has 1 atom stereocenters. The molecule has 1 fully saturated rings. The summed E-state index contributed by atoms with van der Waals surface area (Å²) < 4.78 is 10.9. The molecule has 1 aliphatic rings. The number of ether oxygens (including phenoxy) is 2. The Hall–Kier alpha value is -2.33. The van der Waals surface area contributed by atoms with Crippen molar-refractivity contribution < 1.29 is 14.3 Å². The zero-order valence-corrected chi connectivity index (χ0v) is 14.2. The molecule has 0 aliphatic carbocycles. The van der Waals surface area contributed by atoms with Crippen LogP contribution in [0.2, 0.25) is 0 Å². The predicted octanol–water partition coefficient (Wildman–Crippen LogP) is 3.61. The van der Waals surface area contributed by atoms with Crippen molar-refractivity contribution in [2.45, 2.75) is 19.4 Å². The predicted molar refractivity (Wildman–Crippen MR) is 94.4 cm³/mol. The van der Waals surface area contributed by atoms with Crippen LogP contribution in [0.25, 0.3) is 11.1 Å². The van der Waals surface area contributed by atoms with Crippen molar-refractivity contribution in [2.75, 3.05) is 26.8 Å². The highest BCUT2D eigenvalue weighted by Gasteiger charge is 2.21. The number of hydrogen-bond acceptors (Lipinski definition) is 3. The highest BCUT2D eigenvalue weighted by atomic mass is 16.5. The molecule has 0 aromatic heterocycles. The second-order valence-electron chi connectivity index (χ2n) is 6.10. The lowest BCUT2D eigenvalue weighted by Crippen LogP contribution is -2.35. The standard InChI is InChI=1S/C20H23NO3/c1-15-14-21(10-5-11-24-15)20(22)18-8-3-6-16(12-18)17-7-4-9-19(13-17)23-2/h3-4,6-9,12-13,15H,5,10-11,14H2,1-2H3/t15-/m1/s1. The first-order chi connectivity index (χ1) is 11.7. The van der Waals surface area contributed by atoms with E-state index < -0.39 is 0 Å². The Morgan fingerprint density at radius 1 is 1.17 bits per heavy atom. The van der Waals surface area contributed by atoms with Gasteiger partial charge in [-0.3, -0.25) is 4.79 Å². The number of amides is 1. The van der Waals surface area contributed by atoms with E-state index in [1.807, 2.05) is 60.4 Å². The Kier molecular flexibility index (Phi) is 5.16. The minimum absolute atomic E-state index is 0.0668. The van der Waals surface area contributed by atoms with Gasteiger partial charge in [0.1, 0.15) is 5.75 Å². The molecule has 2 aromatic rings. The van der Waals surface area contributed by atoms with Crippen LogP contribution in [0.1, 0.15) is 23.7 Å². The topological polar surface area (TPSA) is 38.8 Å². The SMILES string of the molecule is COc1cccc(-c2cccc(C(=O)N3CCCO[C@H](C)C3)c2)c1. The number of methoxy groups -OCH3 is 1. The lowest BCUT2D eigenvalue weighted by atomic mass is 10.0. The maximum absolute atomic E-state index is 12.9. The zero-order chi connectivity index (χ0) is 16.9. The van der Waals surface area contributed by atoms with E-state index in [2.05, 4.69) is 0 Å². The summed E-state index contributed by atoms with van der Waals surface area (Å²) in [6, 6.07) is 15.6. The molecular weight excluding hydrogens is 302 g/mol. The van der Waals surface area contributed by atoms with Crippen molar-refractivity contribution in [1.29, 1.82) is 0 Å². The first kappa shape index (κ1) is 16.5. The third-order valence-corrected chi connectivity index (χ3v) is 4.25. The molecule has 1 amide bonds. The monoisotopic (exact) mass is 325 g/mol. The lowest BCUT2D eigenvalue weighted by molar-refractivity contribution is 0.0563. The summed E-state index contributed by atoms with van der Waals surface area (Å²) >= 11 is 0. The molecule has 0 N–H and O–H groups in total. The van der Waals surface area contributed by atoms with Gasteiger partial charge in [-0.2, -0.15) is 0 Å². The van der Waals surface area contributed by atoms with Gasteiger partial charge >= 0.3 is 0 Å². The first-order valence-corrected chi connectivity index (χ1v) is 8.33. The van der Waals surface area contributed by atoms with Crippen LogP contribution < -0.4 is 4.74 Å². The quantitative estimate of drug-likeness (QED) is 0.865. The van der Waals surface area contributed by atoms with Gasteiger partial charge in [0, 0.05) is 25.3 Å². The van der Waals surface area contributed by atoms with Crippen LogP contribution in [0.5, 0.6) is 5.75 Å². The number of carbonyl (C=O) groups excluding carboxylic acids is 1. The Balaban J connectivity index is 1.85. The molecule has 126 valence electrons. The van der Waals surface area contributed by atoms with Crippen molar-refractivity contribution in [2.24, 2.45) is 0 Å². The molecule has 1 heterocycles. The van der Waals surface area contributed by atoms with Gasteiger partial charge < -0.3 is 14.4 Å². The molecule has 2 aromatic carbocycles. The molecule has 1 aliphatic heterocycles. The summed E-state index contributed by atoms with van der Waals surface area (Å²) in [6.45, 7) is 4.11. The molecule has 4 nitrogen and oxygen atoms in total. The highest BCUT2D eigenvalue weighted by molar-refractivity contribution is 5.95. The number of nitrogens with zero attached hydrogens (tertiary/aromatic N) is 1. The fourth-order valence-corrected chi connectivity index (χ4v) is 3.00. The average molecular weight is 325 g/mol. The van der Waals surface area contributed by atoms with Crippen LogP contribution in [-0.4, -0.2) is 43.7 Å². The van der Waals surface area contributed by atoms with E-state index in [4.69, 9.17) is 9.47 Å². The summed E-state index contributed by atoms with van der Waals surface area (Å²) in [5, 5.41) is 0. The average Bonchev–Trinajstić information content (AvgIpc) is 2.85. The van der Waals surface area contributed by atoms with Crippen molar-refractivity contribution in [1.82, 2.24) is 4.90 Å². The van der Waals surface area contributed by atoms with Crippen LogP contribution in [0.3, 0.4) is 0 Å². The maximum atomic E-state index is 12.9. The van der Waals surface area contributed by atoms with Gasteiger partial charge in [-0.15, -0.1) is 0 Å². The second-order valence-corrected chi connectivity index (χ2v) is 6.10. The Bertz CT molecular complexity index is 714. The van der Waals surface area contributed by atoms with E-state index in [0.29, 0.717) is 12.1 Å². The van der Waals surface area contributed by atoms with Crippen molar-refractivity contribution in [3.63, 3.8) is 0 Å². The molecule has 4 heteroatoms. The summed E-state index contributed by atoms with van der Waals surface area (Å²) in [5.74, 6) is 0.875. The molecule has 0 unspecified atom stereocenters. The number of benzene rings is 2. The van der Waals surface area contributed by atoms with Crippen molar-refractivity contribution in [3.8, 4) is 16.9 Å². The van der Waals surface area contributed by atoms with E-state index in [1.165, 1.54) is 0 Å². The maximum Gasteiger partial charge on any atom is 0.253 e. The molecular formula is C20H23NO3. The van der Waals surface area contributed by atoms with Gasteiger partial charge in [-0.25, -0.2) is 0 Å². The van der Waals surface area contributed by atoms with E-state index in [1.54, 1.807) is 7.11 Å². The van der Waals surface area contributed by atoms with Gasteiger partial charge in [0.2, 0.25) is 0 Å². The molecule has 0 radical (unpaired) electrons. The molecule has 1 saturated heterocycles. The molecule has 24 heavy (non-hydrogen) atoms. The van der Waals surface area contributed by atoms with E-state index in [0.717, 1.165) is 36.4 Å². The highest BCUT2D eigenvalue weighted by Crippen LogP contribution is 2.25. The van der Waals surface area contributed by atoms with Crippen molar-refractivity contribution in [3.05, 3.63) is 54.1 Å². The van der Waals surface area contributed by atoms with Gasteiger partial charge in [-0.1, -0.05) is 24.3 Å². The lowest BCUT2D eigenvalue weighted by Gasteiger charge is -2.22. The van der Waals surface area contributed by atoms with Crippen LogP contribution in [0.15, 0.2) is 48.5 Å². The van der Waals surface area contributed by atoms with Gasteiger partial charge in [0.25, 0.3) is 5.91 Å². The van der Waals surface area contributed by atoms with E-state index in [9.17, 15) is 4.79 Å². The van der Waals surface area contributed by atoms with Crippen LogP contribution in [0.4, 0.5) is 0 Å². The Morgan fingerprint density at radius 3 is 2.71 bits per heavy atom. The van der Waals surface area contributed by atoms with Crippen LogP contribution >= 0.6 is 0 Å². The molecule has 0 spiro atoms.